The van der Waals surface area contributed by atoms with E-state index in [1.54, 1.807) is 41.2 Å². The van der Waals surface area contributed by atoms with E-state index in [0.717, 1.165) is 5.56 Å². The summed E-state index contributed by atoms with van der Waals surface area (Å²) >= 11 is 0. The van der Waals surface area contributed by atoms with Crippen molar-refractivity contribution in [2.75, 3.05) is 0 Å². The first kappa shape index (κ1) is 10.5. The molecule has 5 heteroatoms. The smallest absolute Gasteiger partial charge is 0.170 e. The summed E-state index contributed by atoms with van der Waals surface area (Å²) < 4.78 is 1.77. The minimum absolute atomic E-state index is 0.158. The summed E-state index contributed by atoms with van der Waals surface area (Å²) in [7, 11) is 0. The zero-order chi connectivity index (χ0) is 12.5. The van der Waals surface area contributed by atoms with Crippen LogP contribution in [-0.2, 0) is 0 Å². The summed E-state index contributed by atoms with van der Waals surface area (Å²) in [6, 6.07) is 6.74. The van der Waals surface area contributed by atoms with Crippen molar-refractivity contribution in [3.8, 4) is 17.1 Å². The molecule has 0 fully saturated rings. The van der Waals surface area contributed by atoms with Gasteiger partial charge >= 0.3 is 0 Å². The minimum Gasteiger partial charge on any atom is -0.508 e. The fourth-order valence-electron chi connectivity index (χ4n) is 1.90. The summed E-state index contributed by atoms with van der Waals surface area (Å²) in [5.74, 6) is 0.761. The number of carbonyl (C=O) groups excluding carboxylic acids is 1. The number of rotatable bonds is 2. The van der Waals surface area contributed by atoms with Gasteiger partial charge in [0.25, 0.3) is 0 Å². The molecular formula is C13H9N3O2. The monoisotopic (exact) mass is 239 g/mol. The van der Waals surface area contributed by atoms with E-state index < -0.39 is 0 Å². The van der Waals surface area contributed by atoms with Crippen molar-refractivity contribution >= 4 is 11.8 Å². The second kappa shape index (κ2) is 3.96. The van der Waals surface area contributed by atoms with Crippen LogP contribution < -0.4 is 0 Å². The number of nitrogens with zero attached hydrogens (tertiary/aromatic N) is 3. The lowest BCUT2D eigenvalue weighted by atomic mass is 10.2. The number of fused-ring (bicyclic) bond motifs is 1. The first-order chi connectivity index (χ1) is 8.79. The zero-order valence-corrected chi connectivity index (χ0v) is 9.32. The Morgan fingerprint density at radius 2 is 2.22 bits per heavy atom. The van der Waals surface area contributed by atoms with Crippen LogP contribution in [0.4, 0.5) is 0 Å². The molecule has 88 valence electrons. The Balaban J connectivity index is 2.33. The molecule has 0 aliphatic heterocycles. The molecule has 0 saturated heterocycles. The van der Waals surface area contributed by atoms with Crippen LogP contribution in [0.1, 0.15) is 10.5 Å². The Hall–Kier alpha value is -2.69. The number of carbonyl (C=O) groups is 1. The molecule has 0 unspecified atom stereocenters. The van der Waals surface area contributed by atoms with Gasteiger partial charge in [0.15, 0.2) is 6.29 Å². The standard InChI is InChI=1S/C13H9N3O2/c17-8-11-12-7-14-4-5-16(12)13(15-11)9-2-1-3-10(18)6-9/h1-8,18H. The van der Waals surface area contributed by atoms with Crippen LogP contribution in [0.3, 0.4) is 0 Å². The van der Waals surface area contributed by atoms with Gasteiger partial charge in [-0.25, -0.2) is 4.98 Å². The fraction of sp³-hybridized carbons (Fsp3) is 0. The highest BCUT2D eigenvalue weighted by atomic mass is 16.3. The van der Waals surface area contributed by atoms with Gasteiger partial charge in [0.05, 0.1) is 11.7 Å². The van der Waals surface area contributed by atoms with Crippen molar-refractivity contribution < 1.29 is 9.90 Å². The average molecular weight is 239 g/mol. The van der Waals surface area contributed by atoms with Crippen molar-refractivity contribution in [2.45, 2.75) is 0 Å². The maximum absolute atomic E-state index is 11.0. The van der Waals surface area contributed by atoms with Crippen molar-refractivity contribution in [1.29, 1.82) is 0 Å². The highest BCUT2D eigenvalue weighted by molar-refractivity contribution is 5.85. The Labute approximate surface area is 102 Å². The molecular weight excluding hydrogens is 230 g/mol. The molecule has 0 aliphatic carbocycles. The van der Waals surface area contributed by atoms with Crippen LogP contribution in [-0.4, -0.2) is 25.8 Å². The van der Waals surface area contributed by atoms with Gasteiger partial charge < -0.3 is 5.11 Å². The van der Waals surface area contributed by atoms with E-state index in [1.165, 1.54) is 0 Å². The second-order valence-electron chi connectivity index (χ2n) is 3.82. The Morgan fingerprint density at radius 1 is 1.33 bits per heavy atom. The number of phenolic OH excluding ortho intramolecular Hbond substituents is 1. The molecule has 3 rings (SSSR count). The molecule has 0 atom stereocenters. The largest absolute Gasteiger partial charge is 0.508 e. The van der Waals surface area contributed by atoms with Gasteiger partial charge in [-0.05, 0) is 12.1 Å². The number of aromatic hydroxyl groups is 1. The molecule has 18 heavy (non-hydrogen) atoms. The first-order valence-electron chi connectivity index (χ1n) is 5.36. The van der Waals surface area contributed by atoms with Crippen LogP contribution in [0.25, 0.3) is 16.9 Å². The summed E-state index contributed by atoms with van der Waals surface area (Å²) in [6.45, 7) is 0. The van der Waals surface area contributed by atoms with Gasteiger partial charge in [0, 0.05) is 18.0 Å². The van der Waals surface area contributed by atoms with Gasteiger partial charge in [-0.1, -0.05) is 12.1 Å². The van der Waals surface area contributed by atoms with E-state index in [4.69, 9.17) is 0 Å². The van der Waals surface area contributed by atoms with Crippen molar-refractivity contribution in [2.24, 2.45) is 0 Å². The molecule has 5 nitrogen and oxygen atoms in total. The summed E-state index contributed by atoms with van der Waals surface area (Å²) in [5.41, 5.74) is 1.72. The van der Waals surface area contributed by atoms with Crippen LogP contribution in [0, 0.1) is 0 Å². The SMILES string of the molecule is O=Cc1nc(-c2cccc(O)c2)n2ccncc12. The number of imidazole rings is 1. The third kappa shape index (κ3) is 1.53. The number of aldehydes is 1. The van der Waals surface area contributed by atoms with E-state index in [0.29, 0.717) is 23.3 Å². The minimum atomic E-state index is 0.158. The summed E-state index contributed by atoms with van der Waals surface area (Å²) in [5, 5.41) is 9.49. The van der Waals surface area contributed by atoms with Crippen LogP contribution in [0.5, 0.6) is 5.75 Å². The number of phenols is 1. The fourth-order valence-corrected chi connectivity index (χ4v) is 1.90. The lowest BCUT2D eigenvalue weighted by molar-refractivity contribution is 0.112. The Bertz CT molecular complexity index is 734. The Morgan fingerprint density at radius 3 is 3.00 bits per heavy atom. The quantitative estimate of drug-likeness (QED) is 0.694. The topological polar surface area (TPSA) is 67.5 Å². The number of hydrogen-bond donors (Lipinski definition) is 1. The van der Waals surface area contributed by atoms with Gasteiger partial charge in [-0.15, -0.1) is 0 Å². The number of aromatic nitrogens is 3. The zero-order valence-electron chi connectivity index (χ0n) is 9.32. The second-order valence-corrected chi connectivity index (χ2v) is 3.82. The molecule has 0 saturated carbocycles. The average Bonchev–Trinajstić information content (AvgIpc) is 2.77. The normalized spacial score (nSPS) is 10.7. The van der Waals surface area contributed by atoms with Crippen LogP contribution >= 0.6 is 0 Å². The third-order valence-corrected chi connectivity index (χ3v) is 2.69. The Kier molecular flexibility index (Phi) is 2.30. The van der Waals surface area contributed by atoms with E-state index in [9.17, 15) is 9.90 Å². The predicted molar refractivity (Wildman–Crippen MR) is 65.5 cm³/mol. The van der Waals surface area contributed by atoms with Crippen molar-refractivity contribution in [1.82, 2.24) is 14.4 Å². The molecule has 0 spiro atoms. The molecule has 1 N–H and O–H groups in total. The lowest BCUT2D eigenvalue weighted by Crippen LogP contribution is -1.89. The summed E-state index contributed by atoms with van der Waals surface area (Å²) in [4.78, 5) is 19.2. The van der Waals surface area contributed by atoms with E-state index in [2.05, 4.69) is 9.97 Å². The van der Waals surface area contributed by atoms with E-state index >= 15 is 0 Å². The maximum Gasteiger partial charge on any atom is 0.170 e. The van der Waals surface area contributed by atoms with Crippen molar-refractivity contribution in [3.63, 3.8) is 0 Å². The predicted octanol–water partition coefficient (Wildman–Crippen LogP) is 1.91. The van der Waals surface area contributed by atoms with E-state index in [-0.39, 0.29) is 5.75 Å². The first-order valence-corrected chi connectivity index (χ1v) is 5.36. The lowest BCUT2D eigenvalue weighted by Gasteiger charge is -2.01. The number of hydrogen-bond acceptors (Lipinski definition) is 4. The number of benzene rings is 1. The molecule has 3 aromatic rings. The highest BCUT2D eigenvalue weighted by Crippen LogP contribution is 2.24. The maximum atomic E-state index is 11.0. The van der Waals surface area contributed by atoms with Crippen LogP contribution in [0.2, 0.25) is 0 Å². The molecule has 1 aromatic carbocycles. The highest BCUT2D eigenvalue weighted by Gasteiger charge is 2.12. The molecule has 0 aliphatic rings. The molecule has 0 amide bonds. The van der Waals surface area contributed by atoms with Crippen LogP contribution in [0.15, 0.2) is 42.9 Å². The van der Waals surface area contributed by atoms with E-state index in [1.807, 2.05) is 6.07 Å². The summed E-state index contributed by atoms with van der Waals surface area (Å²) in [6.07, 6.45) is 5.64. The molecule has 2 heterocycles. The molecule has 0 radical (unpaired) electrons. The van der Waals surface area contributed by atoms with Gasteiger partial charge in [-0.2, -0.15) is 0 Å². The van der Waals surface area contributed by atoms with Gasteiger partial charge in [0.2, 0.25) is 0 Å². The van der Waals surface area contributed by atoms with Gasteiger partial charge in [-0.3, -0.25) is 14.2 Å². The molecule has 2 aromatic heterocycles. The van der Waals surface area contributed by atoms with Gasteiger partial charge in [0.1, 0.15) is 17.3 Å². The van der Waals surface area contributed by atoms with Crippen molar-refractivity contribution in [3.05, 3.63) is 48.5 Å². The third-order valence-electron chi connectivity index (χ3n) is 2.69. The molecule has 0 bridgehead atoms.